The normalized spacial score (nSPS) is 25.4. The van der Waals surface area contributed by atoms with Gasteiger partial charge in [-0.05, 0) is 72.2 Å². The van der Waals surface area contributed by atoms with Gasteiger partial charge in [-0.2, -0.15) is 0 Å². The molecule has 1 N–H and O–H groups in total. The van der Waals surface area contributed by atoms with E-state index in [1.807, 2.05) is 30.3 Å². The Morgan fingerprint density at radius 3 is 2.41 bits per heavy atom. The lowest BCUT2D eigenvalue weighted by molar-refractivity contribution is -0.128. The molecule has 2 bridgehead atoms. The first-order valence-electron chi connectivity index (χ1n) is 10.2. The Balaban J connectivity index is 1.80. The number of halogens is 1. The number of aliphatic hydroxyl groups excluding tert-OH is 1. The minimum absolute atomic E-state index is 0.00532. The highest BCUT2D eigenvalue weighted by Crippen LogP contribution is 2.63. The van der Waals surface area contributed by atoms with Crippen molar-refractivity contribution in [2.45, 2.75) is 47.0 Å². The number of fused-ring (bicyclic) bond motifs is 2. The highest BCUT2D eigenvalue weighted by Gasteiger charge is 2.61. The van der Waals surface area contributed by atoms with Crippen LogP contribution in [0.4, 0.5) is 0 Å². The standard InChI is InChI=1S/C25H27ClO3/c1-5-15-6-9-18(29-17-10-7-16(26)8-11-17)14-19(15)21-22(27)20-12-13-25(4,23(21)28)24(20,2)3/h6-11,14,20,27H,5,12-13H2,1-4H3/t20-,25?/m0/s1. The third-order valence-corrected chi connectivity index (χ3v) is 7.57. The molecule has 2 aliphatic rings. The summed E-state index contributed by atoms with van der Waals surface area (Å²) in [5, 5.41) is 11.8. The predicted molar refractivity (Wildman–Crippen MR) is 117 cm³/mol. The van der Waals surface area contributed by atoms with Crippen LogP contribution in [0, 0.1) is 16.7 Å². The molecule has 0 spiro atoms. The van der Waals surface area contributed by atoms with E-state index in [9.17, 15) is 9.90 Å². The Morgan fingerprint density at radius 1 is 1.10 bits per heavy atom. The third-order valence-electron chi connectivity index (χ3n) is 7.32. The molecule has 2 aromatic rings. The zero-order valence-electron chi connectivity index (χ0n) is 17.4. The van der Waals surface area contributed by atoms with Crippen molar-refractivity contribution in [2.24, 2.45) is 16.7 Å². The molecule has 152 valence electrons. The molecule has 0 saturated heterocycles. The molecule has 2 atom stereocenters. The Bertz CT molecular complexity index is 1000. The molecule has 4 heteroatoms. The molecule has 2 aromatic carbocycles. The van der Waals surface area contributed by atoms with Crippen molar-refractivity contribution in [3.8, 4) is 11.5 Å². The maximum Gasteiger partial charge on any atom is 0.173 e. The van der Waals surface area contributed by atoms with E-state index in [0.717, 1.165) is 30.4 Å². The van der Waals surface area contributed by atoms with Crippen molar-refractivity contribution in [3.63, 3.8) is 0 Å². The fourth-order valence-electron chi connectivity index (χ4n) is 5.01. The van der Waals surface area contributed by atoms with Gasteiger partial charge in [0.25, 0.3) is 0 Å². The molecule has 1 saturated carbocycles. The van der Waals surface area contributed by atoms with Gasteiger partial charge in [-0.1, -0.05) is 45.4 Å². The fourth-order valence-corrected chi connectivity index (χ4v) is 5.14. The van der Waals surface area contributed by atoms with Crippen LogP contribution in [0.25, 0.3) is 5.57 Å². The number of hydrogen-bond acceptors (Lipinski definition) is 3. The number of ketones is 1. The molecule has 0 heterocycles. The first kappa shape index (κ1) is 20.0. The number of ether oxygens (including phenoxy) is 1. The molecule has 1 unspecified atom stereocenters. The van der Waals surface area contributed by atoms with E-state index in [-0.39, 0.29) is 22.9 Å². The molecule has 3 nitrogen and oxygen atoms in total. The number of benzene rings is 2. The molecule has 0 radical (unpaired) electrons. The SMILES string of the molecule is CCc1ccc(Oc2ccc(Cl)cc2)cc1C1=C(O)[C@@H]2CCC(C)(C1=O)C2(C)C. The zero-order chi connectivity index (χ0) is 21.0. The van der Waals surface area contributed by atoms with Gasteiger partial charge in [-0.25, -0.2) is 0 Å². The van der Waals surface area contributed by atoms with E-state index >= 15 is 0 Å². The van der Waals surface area contributed by atoms with E-state index in [0.29, 0.717) is 22.1 Å². The van der Waals surface area contributed by atoms with E-state index in [2.05, 4.69) is 27.7 Å². The fraction of sp³-hybridized carbons (Fsp3) is 0.400. The van der Waals surface area contributed by atoms with E-state index in [4.69, 9.17) is 16.3 Å². The summed E-state index contributed by atoms with van der Waals surface area (Å²) in [7, 11) is 0. The number of carbonyl (C=O) groups excluding carboxylic acids is 1. The first-order chi connectivity index (χ1) is 13.7. The summed E-state index contributed by atoms with van der Waals surface area (Å²) in [5.41, 5.74) is 1.59. The minimum atomic E-state index is -0.461. The quantitative estimate of drug-likeness (QED) is 0.590. The summed E-state index contributed by atoms with van der Waals surface area (Å²) < 4.78 is 6.00. The number of aryl methyl sites for hydroxylation is 1. The van der Waals surface area contributed by atoms with Gasteiger partial charge in [-0.3, -0.25) is 4.79 Å². The molecule has 2 aliphatic carbocycles. The smallest absolute Gasteiger partial charge is 0.173 e. The summed E-state index contributed by atoms with van der Waals surface area (Å²) in [6, 6.07) is 12.9. The number of rotatable bonds is 4. The highest BCUT2D eigenvalue weighted by atomic mass is 35.5. The van der Waals surface area contributed by atoms with Crippen LogP contribution in [0.2, 0.25) is 5.02 Å². The maximum atomic E-state index is 13.6. The lowest BCUT2D eigenvalue weighted by atomic mass is 9.58. The van der Waals surface area contributed by atoms with Crippen molar-refractivity contribution in [1.82, 2.24) is 0 Å². The van der Waals surface area contributed by atoms with Gasteiger partial charge >= 0.3 is 0 Å². The van der Waals surface area contributed by atoms with Crippen LogP contribution < -0.4 is 4.74 Å². The topological polar surface area (TPSA) is 46.5 Å². The number of aliphatic hydroxyl groups is 1. The summed E-state index contributed by atoms with van der Waals surface area (Å²) in [4.78, 5) is 13.6. The van der Waals surface area contributed by atoms with Crippen molar-refractivity contribution < 1.29 is 14.6 Å². The van der Waals surface area contributed by atoms with Gasteiger partial charge in [0.1, 0.15) is 17.3 Å². The second-order valence-electron chi connectivity index (χ2n) is 8.96. The molecule has 0 amide bonds. The van der Waals surface area contributed by atoms with E-state index in [1.54, 1.807) is 12.1 Å². The lowest BCUT2D eigenvalue weighted by Gasteiger charge is -2.45. The van der Waals surface area contributed by atoms with Crippen molar-refractivity contribution in [2.75, 3.05) is 0 Å². The average Bonchev–Trinajstić information content (AvgIpc) is 2.87. The monoisotopic (exact) mass is 410 g/mol. The van der Waals surface area contributed by atoms with Crippen LogP contribution >= 0.6 is 11.6 Å². The van der Waals surface area contributed by atoms with E-state index in [1.165, 1.54) is 0 Å². The van der Waals surface area contributed by atoms with Gasteiger partial charge in [-0.15, -0.1) is 0 Å². The van der Waals surface area contributed by atoms with Crippen LogP contribution in [-0.4, -0.2) is 10.9 Å². The number of carbonyl (C=O) groups is 1. The first-order valence-corrected chi connectivity index (χ1v) is 10.6. The van der Waals surface area contributed by atoms with Gasteiger partial charge in [0.05, 0.1) is 5.57 Å². The lowest BCUT2D eigenvalue weighted by Crippen LogP contribution is -2.45. The number of Topliss-reactive ketones (excluding diaryl/α,β-unsaturated/α-hetero) is 1. The Hall–Kier alpha value is -2.26. The molecule has 4 rings (SSSR count). The molecular formula is C25H27ClO3. The Kier molecular flexibility index (Phi) is 4.77. The Morgan fingerprint density at radius 2 is 1.76 bits per heavy atom. The van der Waals surface area contributed by atoms with Gasteiger partial charge in [0.15, 0.2) is 5.78 Å². The second-order valence-corrected chi connectivity index (χ2v) is 9.40. The van der Waals surface area contributed by atoms with Crippen molar-refractivity contribution in [1.29, 1.82) is 0 Å². The van der Waals surface area contributed by atoms with Crippen molar-refractivity contribution in [3.05, 3.63) is 64.4 Å². The third kappa shape index (κ3) is 2.98. The maximum absolute atomic E-state index is 13.6. The second kappa shape index (κ2) is 6.91. The van der Waals surface area contributed by atoms with Crippen LogP contribution in [0.15, 0.2) is 48.2 Å². The van der Waals surface area contributed by atoms with Gasteiger partial charge in [0, 0.05) is 16.4 Å². The summed E-state index contributed by atoms with van der Waals surface area (Å²) in [6.07, 6.45) is 2.41. The predicted octanol–water partition coefficient (Wildman–Crippen LogP) is 6.99. The summed E-state index contributed by atoms with van der Waals surface area (Å²) >= 11 is 5.96. The molecule has 29 heavy (non-hydrogen) atoms. The average molecular weight is 411 g/mol. The zero-order valence-corrected chi connectivity index (χ0v) is 18.1. The van der Waals surface area contributed by atoms with Crippen LogP contribution in [0.1, 0.15) is 51.7 Å². The van der Waals surface area contributed by atoms with E-state index < -0.39 is 5.41 Å². The summed E-state index contributed by atoms with van der Waals surface area (Å²) in [5.74, 6) is 1.60. The minimum Gasteiger partial charge on any atom is -0.511 e. The summed E-state index contributed by atoms with van der Waals surface area (Å²) in [6.45, 7) is 8.33. The van der Waals surface area contributed by atoms with Crippen molar-refractivity contribution >= 4 is 23.0 Å². The van der Waals surface area contributed by atoms with Gasteiger partial charge in [0.2, 0.25) is 0 Å². The molecule has 0 aliphatic heterocycles. The molecular weight excluding hydrogens is 384 g/mol. The number of allylic oxidation sites excluding steroid dienone is 2. The largest absolute Gasteiger partial charge is 0.511 e. The van der Waals surface area contributed by atoms with Gasteiger partial charge < -0.3 is 9.84 Å². The molecule has 1 fully saturated rings. The van der Waals surface area contributed by atoms with Crippen LogP contribution in [0.3, 0.4) is 0 Å². The molecule has 0 aromatic heterocycles. The number of hydrogen-bond donors (Lipinski definition) is 1. The van der Waals surface area contributed by atoms with Crippen LogP contribution in [0.5, 0.6) is 11.5 Å². The Labute approximate surface area is 177 Å². The highest BCUT2D eigenvalue weighted by molar-refractivity contribution is 6.30. The van der Waals surface area contributed by atoms with Crippen LogP contribution in [-0.2, 0) is 11.2 Å².